The molecule has 19 heavy (non-hydrogen) atoms. The summed E-state index contributed by atoms with van der Waals surface area (Å²) in [7, 11) is 0. The molecule has 0 radical (unpaired) electrons. The normalized spacial score (nSPS) is 10.3. The van der Waals surface area contributed by atoms with Gasteiger partial charge in [-0.2, -0.15) is 22.7 Å². The maximum Gasteiger partial charge on any atom is 0.484 e. The number of carbonyl (C=O) groups is 1. The van der Waals surface area contributed by atoms with Crippen molar-refractivity contribution in [2.45, 2.75) is 6.30 Å². The van der Waals surface area contributed by atoms with Crippen molar-refractivity contribution in [2.24, 2.45) is 0 Å². The fourth-order valence-corrected chi connectivity index (χ4v) is 0.853. The zero-order valence-electron chi connectivity index (χ0n) is 9.15. The number of aromatic amines is 1. The van der Waals surface area contributed by atoms with Crippen molar-refractivity contribution in [2.75, 3.05) is 0 Å². The van der Waals surface area contributed by atoms with Gasteiger partial charge in [-0.15, -0.1) is 0 Å². The van der Waals surface area contributed by atoms with Crippen molar-refractivity contribution < 1.29 is 22.4 Å². The highest BCUT2D eigenvalue weighted by Gasteiger charge is 2.30. The first kappa shape index (κ1) is 14.5. The van der Waals surface area contributed by atoms with E-state index in [1.807, 2.05) is 0 Å². The number of amides is 1. The van der Waals surface area contributed by atoms with Crippen LogP contribution in [-0.2, 0) is 0 Å². The van der Waals surface area contributed by atoms with Gasteiger partial charge in [-0.05, 0) is 6.07 Å². The standard InChI is InChI=1S/C5H4F3N3O.C4H3FN2/c6-5(7,8)10-4(12)3-1-2-9-11-3;5-4-1-2-6-3-7-4/h1-2H,(H,9,11)(H,10,12);1-3H. The van der Waals surface area contributed by atoms with E-state index in [1.54, 1.807) is 0 Å². The average Bonchev–Trinajstić information content (AvgIpc) is 2.82. The molecule has 2 N–H and O–H groups in total. The van der Waals surface area contributed by atoms with E-state index in [2.05, 4.69) is 20.2 Å². The number of hydrogen-bond donors (Lipinski definition) is 2. The van der Waals surface area contributed by atoms with Gasteiger partial charge in [0.1, 0.15) is 12.0 Å². The van der Waals surface area contributed by atoms with Gasteiger partial charge in [0.2, 0.25) is 5.95 Å². The Balaban J connectivity index is 0.000000218. The molecule has 2 aromatic rings. The summed E-state index contributed by atoms with van der Waals surface area (Å²) < 4.78 is 46.4. The second kappa shape index (κ2) is 6.42. The number of aromatic nitrogens is 4. The molecule has 2 heterocycles. The number of hydrogen-bond acceptors (Lipinski definition) is 4. The summed E-state index contributed by atoms with van der Waals surface area (Å²) in [6.07, 6.45) is -1.01. The number of nitrogens with one attached hydrogen (secondary N) is 2. The zero-order chi connectivity index (χ0) is 14.3. The Bertz CT molecular complexity index is 499. The molecule has 0 spiro atoms. The maximum atomic E-state index is 11.8. The van der Waals surface area contributed by atoms with E-state index in [0.29, 0.717) is 0 Å². The Kier molecular flexibility index (Phi) is 4.92. The third-order valence-corrected chi connectivity index (χ3v) is 1.55. The summed E-state index contributed by atoms with van der Waals surface area (Å²) in [5.41, 5.74) is -0.229. The fourth-order valence-electron chi connectivity index (χ4n) is 0.853. The molecule has 6 nitrogen and oxygen atoms in total. The van der Waals surface area contributed by atoms with Gasteiger partial charge in [0.15, 0.2) is 0 Å². The van der Waals surface area contributed by atoms with E-state index < -0.39 is 18.2 Å². The SMILES string of the molecule is Fc1ccncn1.O=C(NC(F)(F)F)c1ccn[nH]1. The van der Waals surface area contributed by atoms with Crippen LogP contribution in [0.4, 0.5) is 17.6 Å². The second-order valence-corrected chi connectivity index (χ2v) is 2.95. The Morgan fingerprint density at radius 3 is 2.37 bits per heavy atom. The third kappa shape index (κ3) is 6.10. The molecule has 0 saturated heterocycles. The molecular formula is C9H7F4N5O. The van der Waals surface area contributed by atoms with Gasteiger partial charge < -0.3 is 0 Å². The van der Waals surface area contributed by atoms with Gasteiger partial charge in [-0.1, -0.05) is 0 Å². The molecule has 0 aliphatic rings. The van der Waals surface area contributed by atoms with Crippen LogP contribution in [0.5, 0.6) is 0 Å². The zero-order valence-corrected chi connectivity index (χ0v) is 9.15. The lowest BCUT2D eigenvalue weighted by molar-refractivity contribution is -0.146. The molecule has 0 aromatic carbocycles. The summed E-state index contributed by atoms with van der Waals surface area (Å²) in [5.74, 6) is -1.74. The van der Waals surface area contributed by atoms with Gasteiger partial charge in [-0.25, -0.2) is 9.97 Å². The van der Waals surface area contributed by atoms with Crippen molar-refractivity contribution in [1.82, 2.24) is 25.5 Å². The summed E-state index contributed by atoms with van der Waals surface area (Å²) in [6.45, 7) is 0. The summed E-state index contributed by atoms with van der Waals surface area (Å²) >= 11 is 0. The molecule has 10 heteroatoms. The highest BCUT2D eigenvalue weighted by atomic mass is 19.4. The molecule has 0 unspecified atom stereocenters. The number of carbonyl (C=O) groups excluding carboxylic acids is 1. The number of rotatable bonds is 1. The molecule has 102 valence electrons. The molecule has 0 saturated carbocycles. The predicted octanol–water partition coefficient (Wildman–Crippen LogP) is 1.27. The smallest absolute Gasteiger partial charge is 0.273 e. The minimum absolute atomic E-state index is 0.229. The molecular weight excluding hydrogens is 270 g/mol. The first-order chi connectivity index (χ1) is 8.88. The Morgan fingerprint density at radius 2 is 2.00 bits per heavy atom. The van der Waals surface area contributed by atoms with E-state index in [-0.39, 0.29) is 5.69 Å². The first-order valence-corrected chi connectivity index (χ1v) is 4.68. The van der Waals surface area contributed by atoms with Crippen LogP contribution in [0.1, 0.15) is 10.5 Å². The van der Waals surface area contributed by atoms with Crippen LogP contribution < -0.4 is 5.32 Å². The fraction of sp³-hybridized carbons (Fsp3) is 0.111. The van der Waals surface area contributed by atoms with E-state index in [4.69, 9.17) is 0 Å². The third-order valence-electron chi connectivity index (χ3n) is 1.55. The Labute approximate surface area is 103 Å². The molecule has 0 atom stereocenters. The number of nitrogens with zero attached hydrogens (tertiary/aromatic N) is 3. The summed E-state index contributed by atoms with van der Waals surface area (Å²) in [6, 6.07) is 2.33. The Morgan fingerprint density at radius 1 is 1.26 bits per heavy atom. The van der Waals surface area contributed by atoms with Crippen LogP contribution in [0.25, 0.3) is 0 Å². The number of alkyl halides is 3. The van der Waals surface area contributed by atoms with Gasteiger partial charge in [0.25, 0.3) is 5.91 Å². The van der Waals surface area contributed by atoms with Crippen LogP contribution >= 0.6 is 0 Å². The minimum atomic E-state index is -4.71. The molecule has 0 aliphatic carbocycles. The highest BCUT2D eigenvalue weighted by molar-refractivity contribution is 5.92. The first-order valence-electron chi connectivity index (χ1n) is 4.68. The second-order valence-electron chi connectivity index (χ2n) is 2.95. The van der Waals surface area contributed by atoms with Gasteiger partial charge in [0, 0.05) is 18.5 Å². The maximum absolute atomic E-state index is 11.8. The van der Waals surface area contributed by atoms with Crippen LogP contribution in [0.2, 0.25) is 0 Å². The quantitative estimate of drug-likeness (QED) is 0.467. The number of H-pyrrole nitrogens is 1. The largest absolute Gasteiger partial charge is 0.484 e. The van der Waals surface area contributed by atoms with E-state index >= 15 is 0 Å². The lowest BCUT2D eigenvalue weighted by Crippen LogP contribution is -2.37. The molecule has 1 amide bonds. The molecule has 2 aromatic heterocycles. The topological polar surface area (TPSA) is 83.6 Å². The van der Waals surface area contributed by atoms with Crippen molar-refractivity contribution in [3.05, 3.63) is 42.5 Å². The Hall–Kier alpha value is -2.52. The van der Waals surface area contributed by atoms with Crippen molar-refractivity contribution in [3.8, 4) is 0 Å². The van der Waals surface area contributed by atoms with Crippen LogP contribution in [0.15, 0.2) is 30.9 Å². The van der Waals surface area contributed by atoms with Crippen molar-refractivity contribution in [1.29, 1.82) is 0 Å². The lowest BCUT2D eigenvalue weighted by atomic mass is 10.4. The van der Waals surface area contributed by atoms with Crippen molar-refractivity contribution in [3.63, 3.8) is 0 Å². The molecule has 0 aliphatic heterocycles. The molecule has 0 fully saturated rings. The number of halogens is 4. The lowest BCUT2D eigenvalue weighted by Gasteiger charge is -2.05. The average molecular weight is 277 g/mol. The van der Waals surface area contributed by atoms with E-state index in [9.17, 15) is 22.4 Å². The van der Waals surface area contributed by atoms with Gasteiger partial charge in [0.05, 0.1) is 0 Å². The van der Waals surface area contributed by atoms with Crippen LogP contribution in [-0.4, -0.2) is 32.4 Å². The molecule has 2 rings (SSSR count). The van der Waals surface area contributed by atoms with Crippen LogP contribution in [0.3, 0.4) is 0 Å². The van der Waals surface area contributed by atoms with Crippen LogP contribution in [0, 0.1) is 5.95 Å². The van der Waals surface area contributed by atoms with E-state index in [0.717, 1.165) is 17.7 Å². The van der Waals surface area contributed by atoms with Gasteiger partial charge in [-0.3, -0.25) is 15.2 Å². The summed E-state index contributed by atoms with van der Waals surface area (Å²) in [4.78, 5) is 17.3. The molecule has 0 bridgehead atoms. The van der Waals surface area contributed by atoms with Gasteiger partial charge >= 0.3 is 6.30 Å². The van der Waals surface area contributed by atoms with Crippen molar-refractivity contribution >= 4 is 5.91 Å². The minimum Gasteiger partial charge on any atom is -0.273 e. The van der Waals surface area contributed by atoms with E-state index in [1.165, 1.54) is 18.5 Å². The highest BCUT2D eigenvalue weighted by Crippen LogP contribution is 2.10. The summed E-state index contributed by atoms with van der Waals surface area (Å²) in [5, 5.41) is 6.23. The monoisotopic (exact) mass is 277 g/mol. The predicted molar refractivity (Wildman–Crippen MR) is 54.1 cm³/mol.